The Labute approximate surface area is 167 Å². The maximum absolute atomic E-state index is 5.88. The summed E-state index contributed by atoms with van der Waals surface area (Å²) in [5.41, 5.74) is 3.80. The van der Waals surface area contributed by atoms with Crippen LogP contribution in [0.1, 0.15) is 36.4 Å². The van der Waals surface area contributed by atoms with Gasteiger partial charge in [0.15, 0.2) is 0 Å². The minimum Gasteiger partial charge on any atom is -0.493 e. The van der Waals surface area contributed by atoms with Crippen molar-refractivity contribution in [2.24, 2.45) is 5.10 Å². The Morgan fingerprint density at radius 3 is 2.93 bits per heavy atom. The lowest BCUT2D eigenvalue weighted by molar-refractivity contribution is 0.254. The molecule has 9 heteroatoms. The van der Waals surface area contributed by atoms with Gasteiger partial charge in [0.25, 0.3) is 5.95 Å². The zero-order chi connectivity index (χ0) is 19.8. The molecule has 1 atom stereocenters. The van der Waals surface area contributed by atoms with Crippen molar-refractivity contribution in [1.82, 2.24) is 24.7 Å². The minimum atomic E-state index is 0.164. The summed E-state index contributed by atoms with van der Waals surface area (Å²) in [5.74, 6) is 2.13. The van der Waals surface area contributed by atoms with Crippen LogP contribution >= 0.6 is 12.2 Å². The van der Waals surface area contributed by atoms with E-state index in [9.17, 15) is 0 Å². The molecule has 0 spiro atoms. The maximum Gasteiger partial charge on any atom is 0.271 e. The number of hydrogen-bond acceptors (Lipinski definition) is 6. The molecule has 1 aromatic carbocycles. The van der Waals surface area contributed by atoms with Gasteiger partial charge < -0.3 is 9.47 Å². The molecule has 0 saturated heterocycles. The lowest BCUT2D eigenvalue weighted by Crippen LogP contribution is -2.07. The van der Waals surface area contributed by atoms with Crippen molar-refractivity contribution in [2.45, 2.75) is 40.2 Å². The number of benzene rings is 1. The molecule has 0 unspecified atom stereocenters. The first-order valence-electron chi connectivity index (χ1n) is 9.18. The molecule has 0 fully saturated rings. The van der Waals surface area contributed by atoms with Crippen LogP contribution < -0.4 is 9.47 Å². The predicted octanol–water partition coefficient (Wildman–Crippen LogP) is 3.35. The van der Waals surface area contributed by atoms with Gasteiger partial charge in [-0.25, -0.2) is 9.78 Å². The van der Waals surface area contributed by atoms with Crippen molar-refractivity contribution in [3.05, 3.63) is 45.5 Å². The molecule has 146 valence electrons. The van der Waals surface area contributed by atoms with Crippen LogP contribution in [-0.2, 0) is 6.42 Å². The highest BCUT2D eigenvalue weighted by molar-refractivity contribution is 7.71. The zero-order valence-electron chi connectivity index (χ0n) is 16.3. The second kappa shape index (κ2) is 7.23. The summed E-state index contributed by atoms with van der Waals surface area (Å²) >= 11 is 5.35. The van der Waals surface area contributed by atoms with Gasteiger partial charge in [0.1, 0.15) is 17.6 Å². The van der Waals surface area contributed by atoms with E-state index in [-0.39, 0.29) is 6.10 Å². The van der Waals surface area contributed by atoms with Gasteiger partial charge in [-0.05, 0) is 58.1 Å². The van der Waals surface area contributed by atoms with E-state index in [0.29, 0.717) is 17.3 Å². The summed E-state index contributed by atoms with van der Waals surface area (Å²) in [4.78, 5) is 0. The Morgan fingerprint density at radius 2 is 2.21 bits per heavy atom. The van der Waals surface area contributed by atoms with Crippen molar-refractivity contribution >= 4 is 18.4 Å². The third-order valence-electron chi connectivity index (χ3n) is 4.47. The van der Waals surface area contributed by atoms with E-state index in [0.717, 1.165) is 40.4 Å². The first-order chi connectivity index (χ1) is 13.5. The molecular formula is C19H22N6O2S. The Kier molecular flexibility index (Phi) is 4.76. The minimum absolute atomic E-state index is 0.164. The van der Waals surface area contributed by atoms with Crippen molar-refractivity contribution in [3.63, 3.8) is 0 Å². The van der Waals surface area contributed by atoms with Crippen molar-refractivity contribution < 1.29 is 9.47 Å². The van der Waals surface area contributed by atoms with E-state index < -0.39 is 0 Å². The van der Waals surface area contributed by atoms with Crippen LogP contribution in [0.5, 0.6) is 11.5 Å². The molecule has 1 N–H and O–H groups in total. The zero-order valence-corrected chi connectivity index (χ0v) is 17.1. The topological polar surface area (TPSA) is 82.3 Å². The number of fused-ring (bicyclic) bond motifs is 1. The third kappa shape index (κ3) is 3.33. The molecule has 0 amide bonds. The standard InChI is InChI=1S/C19H22N6O2S/c1-5-26-16-8-14-7-13(4)27-17(14)9-15(16)10-20-25-18(21-22-19(25)28)24-12(3)6-11(2)23-24/h6,8-10,13H,5,7H2,1-4H3,(H,22,28)/b20-10-/t13-/m1/s1. The molecule has 0 bridgehead atoms. The number of nitrogens with one attached hydrogen (secondary N) is 1. The molecule has 3 aromatic rings. The molecule has 0 aliphatic carbocycles. The van der Waals surface area contributed by atoms with E-state index in [1.807, 2.05) is 39.0 Å². The highest BCUT2D eigenvalue weighted by Crippen LogP contribution is 2.34. The Hall–Kier alpha value is -2.94. The highest BCUT2D eigenvalue weighted by atomic mass is 32.1. The maximum atomic E-state index is 5.88. The molecule has 0 saturated carbocycles. The van der Waals surface area contributed by atoms with Gasteiger partial charge in [0, 0.05) is 23.2 Å². The Bertz CT molecular complexity index is 1110. The van der Waals surface area contributed by atoms with E-state index in [4.69, 9.17) is 21.7 Å². The van der Waals surface area contributed by atoms with Crippen LogP contribution in [0.25, 0.3) is 5.95 Å². The molecule has 8 nitrogen and oxygen atoms in total. The SMILES string of the molecule is CCOc1cc2c(cc1/C=N\n1c(-n3nc(C)cc3C)n[nH]c1=S)O[C@H](C)C2. The number of hydrogen-bond donors (Lipinski definition) is 1. The average molecular weight is 398 g/mol. The Morgan fingerprint density at radius 1 is 1.39 bits per heavy atom. The molecule has 28 heavy (non-hydrogen) atoms. The number of nitrogens with zero attached hydrogens (tertiary/aromatic N) is 5. The fraction of sp³-hybridized carbons (Fsp3) is 0.368. The van der Waals surface area contributed by atoms with Gasteiger partial charge in [-0.2, -0.15) is 14.9 Å². The number of H-pyrrole nitrogens is 1. The van der Waals surface area contributed by atoms with Gasteiger partial charge in [-0.3, -0.25) is 0 Å². The number of aromatic nitrogens is 5. The van der Waals surface area contributed by atoms with Crippen LogP contribution in [0.4, 0.5) is 0 Å². The first-order valence-corrected chi connectivity index (χ1v) is 9.59. The quantitative estimate of drug-likeness (QED) is 0.526. The molecule has 0 radical (unpaired) electrons. The summed E-state index contributed by atoms with van der Waals surface area (Å²) in [6.07, 6.45) is 2.75. The molecule has 1 aliphatic rings. The number of aryl methyl sites for hydroxylation is 2. The lowest BCUT2D eigenvalue weighted by atomic mass is 10.1. The Balaban J connectivity index is 1.75. The van der Waals surface area contributed by atoms with Crippen LogP contribution in [0, 0.1) is 18.6 Å². The van der Waals surface area contributed by atoms with Crippen molar-refractivity contribution in [1.29, 1.82) is 0 Å². The van der Waals surface area contributed by atoms with Gasteiger partial charge in [-0.15, -0.1) is 5.10 Å². The smallest absolute Gasteiger partial charge is 0.271 e. The van der Waals surface area contributed by atoms with Crippen LogP contribution in [0.2, 0.25) is 0 Å². The first kappa shape index (κ1) is 18.4. The largest absolute Gasteiger partial charge is 0.493 e. The molecule has 1 aliphatic heterocycles. The number of ether oxygens (including phenoxy) is 2. The van der Waals surface area contributed by atoms with E-state index in [1.54, 1.807) is 15.6 Å². The predicted molar refractivity (Wildman–Crippen MR) is 108 cm³/mol. The molecule has 2 aromatic heterocycles. The second-order valence-corrected chi connectivity index (χ2v) is 7.17. The normalized spacial score (nSPS) is 15.8. The van der Waals surface area contributed by atoms with Gasteiger partial charge in [0.2, 0.25) is 4.77 Å². The third-order valence-corrected chi connectivity index (χ3v) is 4.74. The summed E-state index contributed by atoms with van der Waals surface area (Å²) in [6, 6.07) is 5.96. The van der Waals surface area contributed by atoms with Crippen molar-refractivity contribution in [2.75, 3.05) is 6.61 Å². The van der Waals surface area contributed by atoms with E-state index >= 15 is 0 Å². The summed E-state index contributed by atoms with van der Waals surface area (Å²) < 4.78 is 15.3. The van der Waals surface area contributed by atoms with E-state index in [2.05, 4.69) is 27.3 Å². The molecule has 3 heterocycles. The van der Waals surface area contributed by atoms with Crippen LogP contribution in [-0.4, -0.2) is 43.6 Å². The van der Waals surface area contributed by atoms with Gasteiger partial charge in [0.05, 0.1) is 18.5 Å². The van der Waals surface area contributed by atoms with Gasteiger partial charge >= 0.3 is 0 Å². The number of aromatic amines is 1. The average Bonchev–Trinajstić information content (AvgIpc) is 3.29. The second-order valence-electron chi connectivity index (χ2n) is 6.79. The summed E-state index contributed by atoms with van der Waals surface area (Å²) in [7, 11) is 0. The monoisotopic (exact) mass is 398 g/mol. The molecular weight excluding hydrogens is 376 g/mol. The van der Waals surface area contributed by atoms with Crippen LogP contribution in [0.15, 0.2) is 23.3 Å². The molecule has 4 rings (SSSR count). The lowest BCUT2D eigenvalue weighted by Gasteiger charge is -2.10. The number of rotatable bonds is 5. The van der Waals surface area contributed by atoms with Crippen molar-refractivity contribution in [3.8, 4) is 17.4 Å². The van der Waals surface area contributed by atoms with Gasteiger partial charge in [-0.1, -0.05) is 0 Å². The summed E-state index contributed by atoms with van der Waals surface area (Å²) in [6.45, 7) is 8.47. The summed E-state index contributed by atoms with van der Waals surface area (Å²) in [5, 5.41) is 16.1. The fourth-order valence-corrected chi connectivity index (χ4v) is 3.49. The fourth-order valence-electron chi connectivity index (χ4n) is 3.31. The highest BCUT2D eigenvalue weighted by Gasteiger charge is 2.21. The van der Waals surface area contributed by atoms with E-state index in [1.165, 1.54) is 0 Å². The van der Waals surface area contributed by atoms with Crippen LogP contribution in [0.3, 0.4) is 0 Å².